The summed E-state index contributed by atoms with van der Waals surface area (Å²) in [5, 5.41) is 34.2. The Bertz CT molecular complexity index is 784. The summed E-state index contributed by atoms with van der Waals surface area (Å²) in [7, 11) is 0. The highest BCUT2D eigenvalue weighted by atomic mass is 16.6. The predicted octanol–water partition coefficient (Wildman–Crippen LogP) is 1.86. The van der Waals surface area contributed by atoms with Crippen LogP contribution in [0.3, 0.4) is 0 Å². The van der Waals surface area contributed by atoms with E-state index in [1.807, 2.05) is 0 Å². The second-order valence-electron chi connectivity index (χ2n) is 4.89. The third-order valence-electron chi connectivity index (χ3n) is 3.36. The van der Waals surface area contributed by atoms with Crippen molar-refractivity contribution in [3.05, 3.63) is 50.8 Å². The summed E-state index contributed by atoms with van der Waals surface area (Å²) in [4.78, 5) is 30.6. The second-order valence-corrected chi connectivity index (χ2v) is 4.89. The van der Waals surface area contributed by atoms with Crippen LogP contribution in [0.5, 0.6) is 0 Å². The monoisotopic (exact) mass is 348 g/mol. The molecular weight excluding hydrogens is 332 g/mol. The maximum atomic E-state index is 11.5. The number of nitro benzene ring substituents is 1. The molecule has 2 aromatic rings. The van der Waals surface area contributed by atoms with Gasteiger partial charge in [-0.2, -0.15) is 0 Å². The van der Waals surface area contributed by atoms with Crippen LogP contribution in [0.4, 0.5) is 28.7 Å². The first kappa shape index (κ1) is 18.0. The van der Waals surface area contributed by atoms with Gasteiger partial charge in [0.2, 0.25) is 11.6 Å². The molecule has 0 atom stereocenters. The quantitative estimate of drug-likeness (QED) is 0.538. The van der Waals surface area contributed by atoms with E-state index in [1.54, 1.807) is 11.8 Å². The first-order chi connectivity index (χ1) is 12.0. The van der Waals surface area contributed by atoms with Crippen molar-refractivity contribution >= 4 is 28.7 Å². The van der Waals surface area contributed by atoms with E-state index in [9.17, 15) is 20.2 Å². The number of benzene rings is 1. The lowest BCUT2D eigenvalue weighted by molar-refractivity contribution is -0.384. The number of anilines is 3. The van der Waals surface area contributed by atoms with E-state index in [0.29, 0.717) is 6.54 Å². The van der Waals surface area contributed by atoms with Gasteiger partial charge in [0.25, 0.3) is 5.69 Å². The van der Waals surface area contributed by atoms with Crippen LogP contribution in [-0.4, -0.2) is 44.6 Å². The van der Waals surface area contributed by atoms with Crippen molar-refractivity contribution in [3.63, 3.8) is 0 Å². The number of hydrogen-bond acceptors (Lipinski definition) is 9. The smallest absolute Gasteiger partial charge is 0.353 e. The molecule has 0 aliphatic rings. The number of nitrogens with one attached hydrogen (secondary N) is 1. The Morgan fingerprint density at radius 2 is 2.00 bits per heavy atom. The van der Waals surface area contributed by atoms with Gasteiger partial charge in [-0.3, -0.25) is 20.2 Å². The van der Waals surface area contributed by atoms with E-state index in [1.165, 1.54) is 24.3 Å². The zero-order chi connectivity index (χ0) is 18.4. The van der Waals surface area contributed by atoms with Crippen molar-refractivity contribution < 1.29 is 15.0 Å². The highest BCUT2D eigenvalue weighted by Crippen LogP contribution is 2.33. The number of aliphatic hydroxyl groups excluding tert-OH is 1. The molecule has 1 heterocycles. The van der Waals surface area contributed by atoms with Gasteiger partial charge in [0.05, 0.1) is 16.5 Å². The van der Waals surface area contributed by atoms with Gasteiger partial charge in [0.1, 0.15) is 6.33 Å². The summed E-state index contributed by atoms with van der Waals surface area (Å²) in [6, 6.07) is 5.55. The van der Waals surface area contributed by atoms with Gasteiger partial charge in [-0.25, -0.2) is 9.97 Å². The van der Waals surface area contributed by atoms with Crippen LogP contribution in [0.2, 0.25) is 0 Å². The SMILES string of the molecule is CCN(CCO)c1ncnc(Nc2cccc([N+](=O)[O-])c2)c1[N+](=O)[O-]. The zero-order valence-electron chi connectivity index (χ0n) is 13.3. The average molecular weight is 348 g/mol. The van der Waals surface area contributed by atoms with Crippen LogP contribution in [0, 0.1) is 20.2 Å². The summed E-state index contributed by atoms with van der Waals surface area (Å²) >= 11 is 0. The highest BCUT2D eigenvalue weighted by molar-refractivity contribution is 5.74. The summed E-state index contributed by atoms with van der Waals surface area (Å²) in [6.07, 6.45) is 1.15. The standard InChI is InChI=1S/C14H16N6O5/c1-2-18(6-7-21)14-12(20(24)25)13(15-9-16-14)17-10-4-3-5-11(8-10)19(22)23/h3-5,8-9,21H,2,6-7H2,1H3,(H,15,16,17). The fourth-order valence-corrected chi connectivity index (χ4v) is 2.23. The second kappa shape index (κ2) is 7.97. The number of hydrogen-bond donors (Lipinski definition) is 2. The van der Waals surface area contributed by atoms with Crippen LogP contribution in [0.25, 0.3) is 0 Å². The van der Waals surface area contributed by atoms with E-state index >= 15 is 0 Å². The number of aliphatic hydroxyl groups is 1. The molecule has 2 rings (SSSR count). The average Bonchev–Trinajstić information content (AvgIpc) is 2.59. The Morgan fingerprint density at radius 1 is 1.24 bits per heavy atom. The van der Waals surface area contributed by atoms with E-state index < -0.39 is 9.85 Å². The number of non-ortho nitro benzene ring substituents is 1. The minimum Gasteiger partial charge on any atom is -0.395 e. The molecule has 11 nitrogen and oxygen atoms in total. The number of nitrogens with zero attached hydrogens (tertiary/aromatic N) is 5. The molecule has 25 heavy (non-hydrogen) atoms. The number of nitro groups is 2. The molecule has 0 saturated carbocycles. The molecule has 0 saturated heterocycles. The van der Waals surface area contributed by atoms with Gasteiger partial charge in [-0.05, 0) is 13.0 Å². The Morgan fingerprint density at radius 3 is 2.60 bits per heavy atom. The molecule has 0 fully saturated rings. The van der Waals surface area contributed by atoms with Crippen molar-refractivity contribution in [2.45, 2.75) is 6.92 Å². The van der Waals surface area contributed by atoms with Crippen molar-refractivity contribution in [3.8, 4) is 0 Å². The van der Waals surface area contributed by atoms with Gasteiger partial charge >= 0.3 is 5.69 Å². The molecule has 0 bridgehead atoms. The van der Waals surface area contributed by atoms with Crippen molar-refractivity contribution in [2.75, 3.05) is 29.9 Å². The molecule has 0 aliphatic heterocycles. The number of rotatable bonds is 8. The van der Waals surface area contributed by atoms with E-state index in [4.69, 9.17) is 5.11 Å². The summed E-state index contributed by atoms with van der Waals surface area (Å²) < 4.78 is 0. The van der Waals surface area contributed by atoms with Crippen molar-refractivity contribution in [1.29, 1.82) is 0 Å². The normalized spacial score (nSPS) is 10.3. The molecule has 0 unspecified atom stereocenters. The number of likely N-dealkylation sites (N-methyl/N-ethyl adjacent to an activating group) is 1. The van der Waals surface area contributed by atoms with Gasteiger partial charge in [0.15, 0.2) is 0 Å². The molecule has 0 aliphatic carbocycles. The Labute approximate surface area is 142 Å². The molecule has 132 valence electrons. The van der Waals surface area contributed by atoms with E-state index in [2.05, 4.69) is 15.3 Å². The van der Waals surface area contributed by atoms with Gasteiger partial charge in [-0.15, -0.1) is 0 Å². The molecule has 1 aromatic heterocycles. The Hall–Kier alpha value is -3.34. The molecule has 11 heteroatoms. The van der Waals surface area contributed by atoms with Crippen LogP contribution in [-0.2, 0) is 0 Å². The molecule has 0 radical (unpaired) electrons. The molecule has 2 N–H and O–H groups in total. The summed E-state index contributed by atoms with van der Waals surface area (Å²) in [5.74, 6) is -0.0311. The predicted molar refractivity (Wildman–Crippen MR) is 90.0 cm³/mol. The lowest BCUT2D eigenvalue weighted by Crippen LogP contribution is -2.28. The van der Waals surface area contributed by atoms with E-state index in [0.717, 1.165) is 6.33 Å². The Kier molecular flexibility index (Phi) is 5.74. The van der Waals surface area contributed by atoms with E-state index in [-0.39, 0.29) is 41.8 Å². The first-order valence-electron chi connectivity index (χ1n) is 7.34. The van der Waals surface area contributed by atoms with Crippen LogP contribution in [0.1, 0.15) is 6.92 Å². The third kappa shape index (κ3) is 4.14. The minimum absolute atomic E-state index is 0.0597. The maximum Gasteiger partial charge on any atom is 0.353 e. The lowest BCUT2D eigenvalue weighted by atomic mass is 10.2. The molecule has 0 amide bonds. The topological polar surface area (TPSA) is 148 Å². The molecule has 0 spiro atoms. The lowest BCUT2D eigenvalue weighted by Gasteiger charge is -2.20. The molecular formula is C14H16N6O5. The van der Waals surface area contributed by atoms with Crippen LogP contribution >= 0.6 is 0 Å². The summed E-state index contributed by atoms with van der Waals surface area (Å²) in [5.41, 5.74) is -0.242. The fourth-order valence-electron chi connectivity index (χ4n) is 2.23. The minimum atomic E-state index is -0.630. The van der Waals surface area contributed by atoms with Crippen LogP contribution < -0.4 is 10.2 Å². The number of aromatic nitrogens is 2. The maximum absolute atomic E-state index is 11.5. The van der Waals surface area contributed by atoms with Gasteiger partial charge < -0.3 is 15.3 Å². The largest absolute Gasteiger partial charge is 0.395 e. The molecule has 1 aromatic carbocycles. The zero-order valence-corrected chi connectivity index (χ0v) is 13.3. The van der Waals surface area contributed by atoms with Crippen molar-refractivity contribution in [2.24, 2.45) is 0 Å². The Balaban J connectivity index is 2.46. The summed E-state index contributed by atoms with van der Waals surface area (Å²) in [6.45, 7) is 2.15. The third-order valence-corrected chi connectivity index (χ3v) is 3.36. The van der Waals surface area contributed by atoms with Gasteiger partial charge in [0, 0.05) is 30.9 Å². The van der Waals surface area contributed by atoms with Gasteiger partial charge in [-0.1, -0.05) is 6.07 Å². The highest BCUT2D eigenvalue weighted by Gasteiger charge is 2.26. The first-order valence-corrected chi connectivity index (χ1v) is 7.34. The van der Waals surface area contributed by atoms with Crippen LogP contribution in [0.15, 0.2) is 30.6 Å². The van der Waals surface area contributed by atoms with Crippen molar-refractivity contribution in [1.82, 2.24) is 9.97 Å². The fraction of sp³-hybridized carbons (Fsp3) is 0.286.